The average Bonchev–Trinajstić information content (AvgIpc) is 2.32. The minimum Gasteiger partial charge on any atom is -0.464 e. The summed E-state index contributed by atoms with van der Waals surface area (Å²) in [6.45, 7) is 0. The number of carbonyl (C=O) groups excluding carboxylic acids is 1. The smallest absolute Gasteiger partial charge is 0.356 e. The summed E-state index contributed by atoms with van der Waals surface area (Å²) in [6.07, 6.45) is 0. The molecule has 1 aromatic heterocycles. The molecule has 1 heterocycles. The maximum absolute atomic E-state index is 11.3. The Hall–Kier alpha value is -1.13. The van der Waals surface area contributed by atoms with Gasteiger partial charge in [0, 0.05) is 5.39 Å². The summed E-state index contributed by atoms with van der Waals surface area (Å²) in [4.78, 5) is 15.5. The highest BCUT2D eigenvalue weighted by Crippen LogP contribution is 2.29. The molecular formula is C11H7BrClNO2. The Morgan fingerprint density at radius 2 is 2.06 bits per heavy atom. The van der Waals surface area contributed by atoms with Gasteiger partial charge in [-0.2, -0.15) is 0 Å². The van der Waals surface area contributed by atoms with Gasteiger partial charge >= 0.3 is 5.97 Å². The first kappa shape index (κ1) is 11.4. The van der Waals surface area contributed by atoms with Crippen molar-refractivity contribution in [2.45, 2.75) is 0 Å². The third-order valence-corrected chi connectivity index (χ3v) is 3.49. The first-order valence-electron chi connectivity index (χ1n) is 4.46. The Morgan fingerprint density at radius 1 is 1.38 bits per heavy atom. The van der Waals surface area contributed by atoms with E-state index in [2.05, 4.69) is 25.7 Å². The summed E-state index contributed by atoms with van der Waals surface area (Å²) in [6, 6.07) is 7.04. The number of aromatic nitrogens is 1. The zero-order valence-corrected chi connectivity index (χ0v) is 10.7. The van der Waals surface area contributed by atoms with Gasteiger partial charge in [-0.25, -0.2) is 9.78 Å². The van der Waals surface area contributed by atoms with E-state index in [0.717, 1.165) is 5.39 Å². The van der Waals surface area contributed by atoms with Gasteiger partial charge < -0.3 is 4.74 Å². The van der Waals surface area contributed by atoms with E-state index in [-0.39, 0.29) is 5.69 Å². The van der Waals surface area contributed by atoms with Crippen molar-refractivity contribution in [3.05, 3.63) is 39.5 Å². The van der Waals surface area contributed by atoms with Crippen LogP contribution in [0.5, 0.6) is 0 Å². The van der Waals surface area contributed by atoms with Gasteiger partial charge in [-0.1, -0.05) is 23.7 Å². The van der Waals surface area contributed by atoms with Crippen LogP contribution >= 0.6 is 27.5 Å². The molecule has 16 heavy (non-hydrogen) atoms. The number of hydrogen-bond donors (Lipinski definition) is 0. The number of carbonyl (C=O) groups is 1. The van der Waals surface area contributed by atoms with Gasteiger partial charge in [0.1, 0.15) is 5.69 Å². The monoisotopic (exact) mass is 299 g/mol. The molecule has 0 aliphatic carbocycles. The molecule has 0 unspecified atom stereocenters. The molecule has 2 rings (SSSR count). The van der Waals surface area contributed by atoms with E-state index in [1.165, 1.54) is 7.11 Å². The molecule has 0 saturated carbocycles. The summed E-state index contributed by atoms with van der Waals surface area (Å²) in [5.74, 6) is -0.464. The van der Waals surface area contributed by atoms with Gasteiger partial charge in [0.15, 0.2) is 0 Å². The van der Waals surface area contributed by atoms with Crippen molar-refractivity contribution < 1.29 is 9.53 Å². The lowest BCUT2D eigenvalue weighted by atomic mass is 10.2. The third-order valence-electron chi connectivity index (χ3n) is 2.15. The van der Waals surface area contributed by atoms with Crippen LogP contribution in [-0.2, 0) is 4.74 Å². The van der Waals surface area contributed by atoms with E-state index >= 15 is 0 Å². The number of esters is 1. The third kappa shape index (κ3) is 1.90. The van der Waals surface area contributed by atoms with Crippen LogP contribution in [0.25, 0.3) is 10.9 Å². The zero-order valence-electron chi connectivity index (χ0n) is 8.33. The fraction of sp³-hybridized carbons (Fsp3) is 0.0909. The van der Waals surface area contributed by atoms with Crippen LogP contribution in [0.15, 0.2) is 28.7 Å². The predicted molar refractivity (Wildman–Crippen MR) is 65.8 cm³/mol. The van der Waals surface area contributed by atoms with Crippen molar-refractivity contribution in [1.82, 2.24) is 4.98 Å². The minimum atomic E-state index is -0.464. The highest BCUT2D eigenvalue weighted by atomic mass is 79.9. The van der Waals surface area contributed by atoms with Gasteiger partial charge in [-0.3, -0.25) is 0 Å². The second-order valence-electron chi connectivity index (χ2n) is 3.12. The normalized spacial score (nSPS) is 10.4. The number of methoxy groups -OCH3 is 1. The molecule has 2 aromatic rings. The molecule has 0 bridgehead atoms. The van der Waals surface area contributed by atoms with Crippen molar-refractivity contribution in [3.63, 3.8) is 0 Å². The lowest BCUT2D eigenvalue weighted by molar-refractivity contribution is 0.0594. The zero-order chi connectivity index (χ0) is 11.7. The van der Waals surface area contributed by atoms with Gasteiger partial charge in [0.2, 0.25) is 0 Å². The molecule has 0 spiro atoms. The number of benzene rings is 1. The fourth-order valence-electron chi connectivity index (χ4n) is 1.35. The van der Waals surface area contributed by atoms with Crippen LogP contribution < -0.4 is 0 Å². The molecule has 3 nitrogen and oxygen atoms in total. The molecule has 0 fully saturated rings. The largest absolute Gasteiger partial charge is 0.464 e. The van der Waals surface area contributed by atoms with Crippen LogP contribution in [0, 0.1) is 0 Å². The molecule has 0 aliphatic rings. The maximum atomic E-state index is 11.3. The summed E-state index contributed by atoms with van der Waals surface area (Å²) in [5, 5.41) is 1.46. The summed E-state index contributed by atoms with van der Waals surface area (Å²) in [5.41, 5.74) is 0.911. The molecule has 0 aliphatic heterocycles. The Bertz CT molecular complexity index is 571. The molecule has 0 radical (unpaired) electrons. The van der Waals surface area contributed by atoms with Crippen LogP contribution in [0.2, 0.25) is 5.02 Å². The number of rotatable bonds is 1. The molecule has 5 heteroatoms. The summed E-state index contributed by atoms with van der Waals surface area (Å²) < 4.78 is 5.28. The van der Waals surface area contributed by atoms with Crippen molar-refractivity contribution in [2.24, 2.45) is 0 Å². The van der Waals surface area contributed by atoms with E-state index in [9.17, 15) is 4.79 Å². The lowest BCUT2D eigenvalue weighted by Gasteiger charge is -2.04. The van der Waals surface area contributed by atoms with Crippen LogP contribution in [0.4, 0.5) is 0 Å². The Balaban J connectivity index is 2.69. The molecule has 82 valence electrons. The van der Waals surface area contributed by atoms with Crippen molar-refractivity contribution in [3.8, 4) is 0 Å². The number of fused-ring (bicyclic) bond motifs is 1. The van der Waals surface area contributed by atoms with Crippen molar-refractivity contribution in [2.75, 3.05) is 7.11 Å². The standard InChI is InChI=1S/C11H7BrClNO2/c1-16-11(15)8-5-3-6-2-4-7(13)9(12)10(6)14-8/h2-5H,1H3. The van der Waals surface area contributed by atoms with Crippen molar-refractivity contribution in [1.29, 1.82) is 0 Å². The Labute approximate surface area is 106 Å². The van der Waals surface area contributed by atoms with Gasteiger partial charge in [-0.05, 0) is 28.1 Å². The first-order chi connectivity index (χ1) is 7.63. The number of nitrogens with zero attached hydrogens (tertiary/aromatic N) is 1. The minimum absolute atomic E-state index is 0.262. The molecule has 1 aromatic carbocycles. The highest BCUT2D eigenvalue weighted by Gasteiger charge is 2.10. The van der Waals surface area contributed by atoms with Crippen LogP contribution in [-0.4, -0.2) is 18.1 Å². The number of hydrogen-bond acceptors (Lipinski definition) is 3. The fourth-order valence-corrected chi connectivity index (χ4v) is 1.95. The van der Waals surface area contributed by atoms with Crippen molar-refractivity contribution >= 4 is 44.4 Å². The maximum Gasteiger partial charge on any atom is 0.356 e. The predicted octanol–water partition coefficient (Wildman–Crippen LogP) is 3.44. The van der Waals surface area contributed by atoms with Crippen LogP contribution in [0.1, 0.15) is 10.5 Å². The highest BCUT2D eigenvalue weighted by molar-refractivity contribution is 9.10. The van der Waals surface area contributed by atoms with E-state index in [1.807, 2.05) is 6.07 Å². The van der Waals surface area contributed by atoms with Gasteiger partial charge in [-0.15, -0.1) is 0 Å². The molecule has 0 saturated heterocycles. The number of halogens is 2. The lowest BCUT2D eigenvalue weighted by Crippen LogP contribution is -2.04. The molecule has 0 N–H and O–H groups in total. The molecule has 0 amide bonds. The molecular weight excluding hydrogens is 293 g/mol. The first-order valence-corrected chi connectivity index (χ1v) is 5.63. The Morgan fingerprint density at radius 3 is 2.75 bits per heavy atom. The van der Waals surface area contributed by atoms with Gasteiger partial charge in [0.05, 0.1) is 22.1 Å². The average molecular weight is 301 g/mol. The molecule has 0 atom stereocenters. The second-order valence-corrected chi connectivity index (χ2v) is 4.32. The van der Waals surface area contributed by atoms with E-state index in [1.54, 1.807) is 18.2 Å². The van der Waals surface area contributed by atoms with E-state index in [4.69, 9.17) is 11.6 Å². The summed E-state index contributed by atoms with van der Waals surface area (Å²) in [7, 11) is 1.32. The van der Waals surface area contributed by atoms with E-state index < -0.39 is 5.97 Å². The van der Waals surface area contributed by atoms with Gasteiger partial charge in [0.25, 0.3) is 0 Å². The SMILES string of the molecule is COC(=O)c1ccc2ccc(Cl)c(Br)c2n1. The Kier molecular flexibility index (Phi) is 3.12. The number of ether oxygens (including phenoxy) is 1. The van der Waals surface area contributed by atoms with E-state index in [0.29, 0.717) is 15.0 Å². The second kappa shape index (κ2) is 4.39. The van der Waals surface area contributed by atoms with Crippen LogP contribution in [0.3, 0.4) is 0 Å². The quantitative estimate of drug-likeness (QED) is 0.757. The number of pyridine rings is 1. The summed E-state index contributed by atoms with van der Waals surface area (Å²) >= 11 is 9.29. The topological polar surface area (TPSA) is 39.2 Å².